The Morgan fingerprint density at radius 2 is 0.448 bits per heavy atom. The Hall–Kier alpha value is -2.52. The number of aliphatic hydroxyl groups is 3. The van der Waals surface area contributed by atoms with Crippen LogP contribution in [-0.2, 0) is 14.4 Å². The van der Waals surface area contributed by atoms with Crippen LogP contribution in [0.4, 0.5) is 92.2 Å². The third kappa shape index (κ3) is 14.9. The third-order valence-corrected chi connectivity index (χ3v) is 6.29. The van der Waals surface area contributed by atoms with Gasteiger partial charge in [-0.1, -0.05) is 62.3 Å². The van der Waals surface area contributed by atoms with Crippen LogP contribution >= 0.6 is 0 Å². The largest absolute Gasteiger partial charge is 0.512 e. The van der Waals surface area contributed by atoms with E-state index < -0.39 is 105 Å². The molecule has 0 bridgehead atoms. The van der Waals surface area contributed by atoms with Gasteiger partial charge in [0.25, 0.3) is 0 Å². The van der Waals surface area contributed by atoms with E-state index in [4.69, 9.17) is 15.3 Å². The van der Waals surface area contributed by atoms with Gasteiger partial charge < -0.3 is 15.3 Å². The van der Waals surface area contributed by atoms with Crippen molar-refractivity contribution in [2.45, 2.75) is 116 Å². The Balaban J connectivity index is -0.000000374. The summed E-state index contributed by atoms with van der Waals surface area (Å²) in [6.45, 7) is 11.2. The van der Waals surface area contributed by atoms with Crippen LogP contribution in [0.2, 0.25) is 0 Å². The van der Waals surface area contributed by atoms with Gasteiger partial charge in [-0.25, -0.2) is 0 Å². The minimum absolute atomic E-state index is 0. The predicted molar refractivity (Wildman–Crippen MR) is 153 cm³/mol. The first-order chi connectivity index (χ1) is 24.1. The summed E-state index contributed by atoms with van der Waals surface area (Å²) < 4.78 is 258. The number of ketones is 3. The Kier molecular flexibility index (Phi) is 20.4. The molecule has 6 nitrogen and oxygen atoms in total. The maximum atomic E-state index is 12.9. The van der Waals surface area contributed by atoms with E-state index in [0.717, 1.165) is 0 Å². The number of rotatable bonds is 9. The van der Waals surface area contributed by atoms with E-state index in [-0.39, 0.29) is 58.2 Å². The molecule has 0 aromatic heterocycles. The first kappa shape index (κ1) is 62.1. The molecular weight excluding hydrogens is 1010 g/mol. The third-order valence-electron chi connectivity index (χ3n) is 6.29. The topological polar surface area (TPSA) is 112 Å². The first-order valence-corrected chi connectivity index (χ1v) is 14.5. The van der Waals surface area contributed by atoms with Gasteiger partial charge in [-0.2, -0.15) is 92.2 Å². The molecule has 28 heteroatoms. The van der Waals surface area contributed by atoms with Gasteiger partial charge in [-0.05, 0) is 0 Å². The van der Waals surface area contributed by atoms with Gasteiger partial charge in [0, 0.05) is 74.4 Å². The van der Waals surface area contributed by atoms with Crippen molar-refractivity contribution in [3.63, 3.8) is 0 Å². The number of carbonyl (C=O) groups excluding carboxylic acids is 3. The molecule has 0 spiro atoms. The van der Waals surface area contributed by atoms with Crippen LogP contribution in [0.3, 0.4) is 0 Å². The number of allylic oxidation sites excluding steroid dienone is 6. The zero-order valence-electron chi connectivity index (χ0n) is 30.6. The average molecular weight is 1050 g/mol. The van der Waals surface area contributed by atoms with Gasteiger partial charge in [-0.3, -0.25) is 14.4 Å². The zero-order chi connectivity index (χ0) is 47.6. The second-order valence-corrected chi connectivity index (χ2v) is 14.4. The van der Waals surface area contributed by atoms with Crippen LogP contribution in [0.5, 0.6) is 0 Å². The summed E-state index contributed by atoms with van der Waals surface area (Å²) in [5.41, 5.74) is -3.75. The van der Waals surface area contributed by atoms with Crippen LogP contribution in [0.25, 0.3) is 0 Å². The molecule has 0 radical (unpaired) electrons. The summed E-state index contributed by atoms with van der Waals surface area (Å²) in [4.78, 5) is 32.5. The molecule has 344 valence electrons. The van der Waals surface area contributed by atoms with Crippen LogP contribution in [0, 0.1) is 56.2 Å². The predicted octanol–water partition coefficient (Wildman–Crippen LogP) is 11.6. The SMILES string of the molecule is CC(C)(C)/C(O)=C/C(=O)C(F)(F)C(F)(F)C(F)(F)F.CC(C)(C)/C(O)=C/C(=O)C(F)(F)C(F)(F)C(F)(F)F.CC(C)(C)/C(O)=C/C(=O)C(F)(F)C(F)(F)C(F)(F)F.[Gd]. The van der Waals surface area contributed by atoms with E-state index in [0.29, 0.717) is 0 Å². The van der Waals surface area contributed by atoms with Crippen molar-refractivity contribution >= 4 is 17.3 Å². The molecule has 0 saturated heterocycles. The molecule has 0 saturated carbocycles. The summed E-state index contributed by atoms with van der Waals surface area (Å²) in [5, 5.41) is 27.5. The maximum Gasteiger partial charge on any atom is 0.460 e. The first-order valence-electron chi connectivity index (χ1n) is 14.5. The van der Waals surface area contributed by atoms with E-state index in [1.807, 2.05) is 0 Å². The molecule has 0 aliphatic heterocycles. The van der Waals surface area contributed by atoms with Gasteiger partial charge in [0.2, 0.25) is 17.3 Å². The van der Waals surface area contributed by atoms with E-state index in [1.165, 1.54) is 62.3 Å². The molecule has 0 aliphatic carbocycles. The summed E-state index contributed by atoms with van der Waals surface area (Å²) in [7, 11) is 0. The Labute approximate surface area is 346 Å². The quantitative estimate of drug-likeness (QED) is 0.120. The van der Waals surface area contributed by atoms with Gasteiger partial charge in [0.1, 0.15) is 17.3 Å². The Bertz CT molecular complexity index is 1350. The number of hydrogen-bond acceptors (Lipinski definition) is 6. The number of halogens is 21. The molecule has 3 N–H and O–H groups in total. The van der Waals surface area contributed by atoms with Gasteiger partial charge in [0.05, 0.1) is 0 Å². The summed E-state index contributed by atoms with van der Waals surface area (Å²) in [6.07, 6.45) is -20.7. The second-order valence-electron chi connectivity index (χ2n) is 14.4. The molecule has 0 heterocycles. The molecule has 0 unspecified atom stereocenters. The fraction of sp³-hybridized carbons (Fsp3) is 0.700. The van der Waals surface area contributed by atoms with E-state index in [2.05, 4.69) is 0 Å². The molecule has 58 heavy (non-hydrogen) atoms. The normalized spacial score (nSPS) is 15.3. The minimum atomic E-state index is -6.59. The van der Waals surface area contributed by atoms with Crippen LogP contribution < -0.4 is 0 Å². The van der Waals surface area contributed by atoms with Crippen molar-refractivity contribution < 1.29 is 162 Å². The summed E-state index contributed by atoms with van der Waals surface area (Å²) >= 11 is 0. The Morgan fingerprint density at radius 3 is 0.534 bits per heavy atom. The monoisotopic (exact) mass is 1050 g/mol. The van der Waals surface area contributed by atoms with E-state index >= 15 is 0 Å². The average Bonchev–Trinajstić information content (AvgIpc) is 2.93. The van der Waals surface area contributed by atoms with Crippen molar-refractivity contribution in [1.29, 1.82) is 0 Å². The molecule has 0 aromatic carbocycles. The second kappa shape index (κ2) is 19.0. The standard InChI is InChI=1S/3C10H11F7O2.Gd/c3*1-7(2,3)5(18)4-6(19)8(11,12)9(13,14)10(15,16)17;/h3*4,18H,1-3H3;/b3*5-4-;. The summed E-state index contributed by atoms with van der Waals surface area (Å²) in [6, 6.07) is 0. The molecule has 0 aromatic rings. The number of aliphatic hydroxyl groups excluding tert-OH is 3. The smallest absolute Gasteiger partial charge is 0.460 e. The van der Waals surface area contributed by atoms with Crippen molar-refractivity contribution in [1.82, 2.24) is 0 Å². The number of alkyl halides is 21. The minimum Gasteiger partial charge on any atom is -0.512 e. The van der Waals surface area contributed by atoms with Crippen LogP contribution in [0.15, 0.2) is 35.5 Å². The number of hydrogen-bond donors (Lipinski definition) is 3. The van der Waals surface area contributed by atoms with E-state index in [9.17, 15) is 107 Å². The molecule has 0 aliphatic rings. The van der Waals surface area contributed by atoms with Crippen LogP contribution in [-0.4, -0.2) is 86.7 Å². The van der Waals surface area contributed by atoms with E-state index in [1.54, 1.807) is 0 Å². The molecule has 0 rings (SSSR count). The van der Waals surface area contributed by atoms with Gasteiger partial charge in [-0.15, -0.1) is 0 Å². The van der Waals surface area contributed by atoms with Crippen molar-refractivity contribution in [2.75, 3.05) is 0 Å². The van der Waals surface area contributed by atoms with Crippen molar-refractivity contribution in [3.05, 3.63) is 35.5 Å². The molecular formula is C30H33F21GdO6. The van der Waals surface area contributed by atoms with Crippen LogP contribution in [0.1, 0.15) is 62.3 Å². The molecule has 0 amide bonds. The van der Waals surface area contributed by atoms with Crippen molar-refractivity contribution in [2.24, 2.45) is 16.2 Å². The summed E-state index contributed by atoms with van der Waals surface area (Å²) in [5.74, 6) is -49.1. The maximum absolute atomic E-state index is 12.9. The zero-order valence-corrected chi connectivity index (χ0v) is 32.9. The van der Waals surface area contributed by atoms with Crippen molar-refractivity contribution in [3.8, 4) is 0 Å². The fourth-order valence-electron chi connectivity index (χ4n) is 2.29. The fourth-order valence-corrected chi connectivity index (χ4v) is 2.29. The van der Waals surface area contributed by atoms with Gasteiger partial charge in [0.15, 0.2) is 0 Å². The molecule has 0 fully saturated rings. The van der Waals surface area contributed by atoms with Gasteiger partial charge >= 0.3 is 54.1 Å². The number of carbonyl (C=O) groups is 3. The Morgan fingerprint density at radius 1 is 0.328 bits per heavy atom. The molecule has 0 atom stereocenters.